The van der Waals surface area contributed by atoms with Gasteiger partial charge in [-0.2, -0.15) is 0 Å². The lowest BCUT2D eigenvalue weighted by atomic mass is 10.2. The van der Waals surface area contributed by atoms with Gasteiger partial charge in [0.2, 0.25) is 5.91 Å². The van der Waals surface area contributed by atoms with Crippen LogP contribution in [0, 0.1) is 5.41 Å². The highest BCUT2D eigenvalue weighted by Gasteiger charge is 2.24. The van der Waals surface area contributed by atoms with Crippen LogP contribution in [-0.2, 0) is 4.79 Å². The molecule has 0 radical (unpaired) electrons. The molecule has 2 atom stereocenters. The van der Waals surface area contributed by atoms with Gasteiger partial charge in [0.15, 0.2) is 0 Å². The van der Waals surface area contributed by atoms with Gasteiger partial charge in [-0.1, -0.05) is 0 Å². The molecular formula is C10H19N3O2. The lowest BCUT2D eigenvalue weighted by Gasteiger charge is -2.17. The molecule has 0 aliphatic carbocycles. The van der Waals surface area contributed by atoms with Gasteiger partial charge in [-0.3, -0.25) is 10.2 Å². The van der Waals surface area contributed by atoms with Crippen molar-refractivity contribution in [1.29, 1.82) is 5.41 Å². The summed E-state index contributed by atoms with van der Waals surface area (Å²) in [6.07, 6.45) is 0.439. The van der Waals surface area contributed by atoms with Crippen molar-refractivity contribution in [1.82, 2.24) is 10.2 Å². The first-order valence-corrected chi connectivity index (χ1v) is 5.26. The zero-order chi connectivity index (χ0) is 11.4. The fourth-order valence-electron chi connectivity index (χ4n) is 1.74. The third kappa shape index (κ3) is 3.87. The number of nitrogens with zero attached hydrogens (tertiary/aromatic N) is 1. The molecule has 1 fully saturated rings. The van der Waals surface area contributed by atoms with Gasteiger partial charge in [-0.15, -0.1) is 0 Å². The van der Waals surface area contributed by atoms with E-state index in [1.54, 1.807) is 13.8 Å². The van der Waals surface area contributed by atoms with E-state index in [4.69, 9.17) is 10.5 Å². The maximum absolute atomic E-state index is 11.3. The van der Waals surface area contributed by atoms with E-state index < -0.39 is 6.10 Å². The number of carbonyl (C=O) groups is 1. The predicted molar refractivity (Wildman–Crippen MR) is 57.8 cm³/mol. The van der Waals surface area contributed by atoms with Gasteiger partial charge in [0.05, 0.1) is 18.4 Å². The highest BCUT2D eigenvalue weighted by Crippen LogP contribution is 2.09. The van der Waals surface area contributed by atoms with E-state index in [-0.39, 0.29) is 18.4 Å². The van der Waals surface area contributed by atoms with Crippen LogP contribution in [0.4, 0.5) is 0 Å². The van der Waals surface area contributed by atoms with Crippen LogP contribution in [0.1, 0.15) is 26.7 Å². The second kappa shape index (κ2) is 5.11. The van der Waals surface area contributed by atoms with Gasteiger partial charge in [0.25, 0.3) is 0 Å². The predicted octanol–water partition coefficient (Wildman–Crippen LogP) is -0.0550. The zero-order valence-corrected chi connectivity index (χ0v) is 9.29. The van der Waals surface area contributed by atoms with Crippen molar-refractivity contribution in [3.63, 3.8) is 0 Å². The molecule has 1 amide bonds. The minimum atomic E-state index is -0.591. The average molecular weight is 213 g/mol. The summed E-state index contributed by atoms with van der Waals surface area (Å²) >= 11 is 0. The van der Waals surface area contributed by atoms with Gasteiger partial charge in [-0.05, 0) is 20.3 Å². The number of amides is 1. The minimum absolute atomic E-state index is 0.112. The van der Waals surface area contributed by atoms with Crippen LogP contribution in [-0.4, -0.2) is 47.0 Å². The van der Waals surface area contributed by atoms with Gasteiger partial charge >= 0.3 is 0 Å². The summed E-state index contributed by atoms with van der Waals surface area (Å²) in [5, 5.41) is 19.3. The van der Waals surface area contributed by atoms with E-state index in [2.05, 4.69) is 5.32 Å². The van der Waals surface area contributed by atoms with Crippen LogP contribution < -0.4 is 5.32 Å². The molecule has 3 N–H and O–H groups in total. The quantitative estimate of drug-likeness (QED) is 0.454. The van der Waals surface area contributed by atoms with Crippen molar-refractivity contribution in [2.24, 2.45) is 0 Å². The van der Waals surface area contributed by atoms with Crippen LogP contribution in [0.15, 0.2) is 0 Å². The topological polar surface area (TPSA) is 76.4 Å². The molecule has 1 aliphatic heterocycles. The van der Waals surface area contributed by atoms with Crippen LogP contribution in [0.25, 0.3) is 0 Å². The first-order chi connectivity index (χ1) is 6.99. The number of rotatable bonds is 3. The summed E-state index contributed by atoms with van der Waals surface area (Å²) < 4.78 is 0. The van der Waals surface area contributed by atoms with Crippen molar-refractivity contribution in [3.05, 3.63) is 0 Å². The standard InChI is InChI=1S/C10H19N3O2/c1-7(14)5-10(15)12-9-3-4-13(6-9)8(2)11/h7,9,11,14H,3-6H2,1-2H3,(H,12,15). The first kappa shape index (κ1) is 12.0. The second-order valence-electron chi connectivity index (χ2n) is 4.14. The Morgan fingerprint density at radius 3 is 2.87 bits per heavy atom. The van der Waals surface area contributed by atoms with E-state index in [9.17, 15) is 4.79 Å². The number of amidine groups is 1. The van der Waals surface area contributed by atoms with Gasteiger partial charge in [0, 0.05) is 19.1 Å². The van der Waals surface area contributed by atoms with Crippen molar-refractivity contribution >= 4 is 11.7 Å². The molecule has 0 saturated carbocycles. The Bertz CT molecular complexity index is 253. The molecule has 0 aromatic carbocycles. The number of hydrogen-bond donors (Lipinski definition) is 3. The normalized spacial score (nSPS) is 22.6. The first-order valence-electron chi connectivity index (χ1n) is 5.26. The average Bonchev–Trinajstić information content (AvgIpc) is 2.50. The number of likely N-dealkylation sites (tertiary alicyclic amines) is 1. The molecule has 86 valence electrons. The fourth-order valence-corrected chi connectivity index (χ4v) is 1.74. The lowest BCUT2D eigenvalue weighted by molar-refractivity contribution is -0.123. The Morgan fingerprint density at radius 2 is 2.40 bits per heavy atom. The summed E-state index contributed by atoms with van der Waals surface area (Å²) in [4.78, 5) is 13.3. The van der Waals surface area contributed by atoms with Crippen LogP contribution in [0.5, 0.6) is 0 Å². The van der Waals surface area contributed by atoms with E-state index >= 15 is 0 Å². The Balaban J connectivity index is 2.30. The molecule has 5 heteroatoms. The molecule has 1 rings (SSSR count). The fraction of sp³-hybridized carbons (Fsp3) is 0.800. The molecule has 15 heavy (non-hydrogen) atoms. The van der Waals surface area contributed by atoms with Crippen molar-refractivity contribution in [2.75, 3.05) is 13.1 Å². The Morgan fingerprint density at radius 1 is 1.73 bits per heavy atom. The summed E-state index contributed by atoms with van der Waals surface area (Å²) in [6, 6.07) is 0.122. The maximum Gasteiger partial charge on any atom is 0.222 e. The van der Waals surface area contributed by atoms with Crippen LogP contribution >= 0.6 is 0 Å². The number of nitrogens with one attached hydrogen (secondary N) is 2. The van der Waals surface area contributed by atoms with Crippen LogP contribution in [0.3, 0.4) is 0 Å². The van der Waals surface area contributed by atoms with Crippen molar-refractivity contribution < 1.29 is 9.90 Å². The molecule has 0 bridgehead atoms. The smallest absolute Gasteiger partial charge is 0.222 e. The Kier molecular flexibility index (Phi) is 4.08. The molecule has 5 nitrogen and oxygen atoms in total. The summed E-state index contributed by atoms with van der Waals surface area (Å²) in [6.45, 7) is 4.89. The van der Waals surface area contributed by atoms with E-state index in [1.165, 1.54) is 0 Å². The maximum atomic E-state index is 11.3. The number of carbonyl (C=O) groups excluding carboxylic acids is 1. The van der Waals surface area contributed by atoms with Crippen molar-refractivity contribution in [3.8, 4) is 0 Å². The molecule has 0 spiro atoms. The number of hydrogen-bond acceptors (Lipinski definition) is 3. The molecule has 1 aliphatic rings. The summed E-state index contributed by atoms with van der Waals surface area (Å²) in [5.41, 5.74) is 0. The third-order valence-corrected chi connectivity index (χ3v) is 2.51. The molecule has 1 heterocycles. The Hall–Kier alpha value is -1.10. The summed E-state index contributed by atoms with van der Waals surface area (Å²) in [7, 11) is 0. The Labute approximate surface area is 90.0 Å². The largest absolute Gasteiger partial charge is 0.393 e. The van der Waals surface area contributed by atoms with Crippen molar-refractivity contribution in [2.45, 2.75) is 38.8 Å². The monoisotopic (exact) mass is 213 g/mol. The third-order valence-electron chi connectivity index (χ3n) is 2.51. The van der Waals surface area contributed by atoms with E-state index in [0.717, 1.165) is 13.0 Å². The highest BCUT2D eigenvalue weighted by atomic mass is 16.3. The van der Waals surface area contributed by atoms with E-state index in [0.29, 0.717) is 12.4 Å². The minimum Gasteiger partial charge on any atom is -0.393 e. The zero-order valence-electron chi connectivity index (χ0n) is 9.29. The van der Waals surface area contributed by atoms with Gasteiger partial charge in [0.1, 0.15) is 0 Å². The van der Waals surface area contributed by atoms with Gasteiger partial charge < -0.3 is 15.3 Å². The summed E-state index contributed by atoms with van der Waals surface area (Å²) in [5.74, 6) is 0.432. The van der Waals surface area contributed by atoms with Gasteiger partial charge in [-0.25, -0.2) is 0 Å². The van der Waals surface area contributed by atoms with Crippen LogP contribution in [0.2, 0.25) is 0 Å². The second-order valence-corrected chi connectivity index (χ2v) is 4.14. The molecule has 0 aromatic rings. The molecule has 0 aromatic heterocycles. The molecule has 1 saturated heterocycles. The molecular weight excluding hydrogens is 194 g/mol. The number of aliphatic hydroxyl groups excluding tert-OH is 1. The SMILES string of the molecule is CC(=N)N1CCC(NC(=O)CC(C)O)C1. The highest BCUT2D eigenvalue weighted by molar-refractivity contribution is 5.78. The molecule has 2 unspecified atom stereocenters. The van der Waals surface area contributed by atoms with E-state index in [1.807, 2.05) is 4.90 Å². The number of aliphatic hydroxyl groups is 1. The lowest BCUT2D eigenvalue weighted by Crippen LogP contribution is -2.38.